The van der Waals surface area contributed by atoms with E-state index in [1.807, 2.05) is 30.3 Å². The average molecular weight is 413 g/mol. The van der Waals surface area contributed by atoms with Gasteiger partial charge in [0, 0.05) is 32.8 Å². The monoisotopic (exact) mass is 412 g/mol. The second-order valence-electron chi connectivity index (χ2n) is 7.87. The van der Waals surface area contributed by atoms with Crippen LogP contribution in [0.2, 0.25) is 0 Å². The summed E-state index contributed by atoms with van der Waals surface area (Å²) in [5.74, 6) is -0.297. The zero-order valence-electron chi connectivity index (χ0n) is 17.6. The van der Waals surface area contributed by atoms with Crippen LogP contribution in [-0.4, -0.2) is 50.6 Å². The molecule has 1 saturated heterocycles. The van der Waals surface area contributed by atoms with Crippen molar-refractivity contribution in [2.45, 2.75) is 25.7 Å². The van der Waals surface area contributed by atoms with Gasteiger partial charge in [-0.2, -0.15) is 0 Å². The Labute approximate surface area is 177 Å². The van der Waals surface area contributed by atoms with Crippen molar-refractivity contribution in [2.24, 2.45) is 5.41 Å². The van der Waals surface area contributed by atoms with E-state index in [1.165, 1.54) is 6.07 Å². The summed E-state index contributed by atoms with van der Waals surface area (Å²) in [6, 6.07) is 14.3. The van der Waals surface area contributed by atoms with Gasteiger partial charge in [-0.25, -0.2) is 4.39 Å². The molecule has 1 aliphatic heterocycles. The highest BCUT2D eigenvalue weighted by Crippen LogP contribution is 2.35. The van der Waals surface area contributed by atoms with Gasteiger partial charge in [-0.15, -0.1) is 0 Å². The number of halogens is 1. The van der Waals surface area contributed by atoms with Crippen LogP contribution in [0.5, 0.6) is 0 Å². The highest BCUT2D eigenvalue weighted by atomic mass is 19.1. The number of rotatable bonds is 7. The molecular formula is C24H29FN2O3. The van der Waals surface area contributed by atoms with E-state index in [0.29, 0.717) is 38.1 Å². The maximum atomic E-state index is 14.1. The zero-order valence-corrected chi connectivity index (χ0v) is 17.6. The van der Waals surface area contributed by atoms with Crippen LogP contribution in [0.1, 0.15) is 24.8 Å². The normalized spacial score (nSPS) is 18.8. The SMILES string of the molecule is CNC(=O)[C@@]1(Cc2ccc(-c3ccccc3F)cc2)CCCN(C(=O)CCOC)C1. The van der Waals surface area contributed by atoms with E-state index in [9.17, 15) is 14.0 Å². The lowest BCUT2D eigenvalue weighted by atomic mass is 9.74. The molecule has 6 heteroatoms. The second kappa shape index (κ2) is 9.85. The van der Waals surface area contributed by atoms with E-state index in [0.717, 1.165) is 24.0 Å². The first kappa shape index (κ1) is 22.0. The number of carbonyl (C=O) groups excluding carboxylic acids is 2. The zero-order chi connectivity index (χ0) is 21.6. The molecule has 2 aromatic carbocycles. The fourth-order valence-corrected chi connectivity index (χ4v) is 4.26. The number of nitrogens with zero attached hydrogens (tertiary/aromatic N) is 1. The van der Waals surface area contributed by atoms with E-state index < -0.39 is 5.41 Å². The van der Waals surface area contributed by atoms with Crippen LogP contribution in [-0.2, 0) is 20.7 Å². The van der Waals surface area contributed by atoms with Crippen LogP contribution in [0.15, 0.2) is 48.5 Å². The molecule has 1 N–H and O–H groups in total. The van der Waals surface area contributed by atoms with Gasteiger partial charge < -0.3 is 15.0 Å². The van der Waals surface area contributed by atoms with Crippen LogP contribution in [0, 0.1) is 11.2 Å². The third kappa shape index (κ3) is 4.87. The summed E-state index contributed by atoms with van der Waals surface area (Å²) in [5.41, 5.74) is 1.67. The first-order valence-corrected chi connectivity index (χ1v) is 10.3. The molecule has 1 heterocycles. The van der Waals surface area contributed by atoms with Crippen LogP contribution < -0.4 is 5.32 Å². The number of benzene rings is 2. The van der Waals surface area contributed by atoms with Crippen LogP contribution in [0.4, 0.5) is 4.39 Å². The molecule has 0 saturated carbocycles. The molecule has 1 atom stereocenters. The van der Waals surface area contributed by atoms with E-state index in [2.05, 4.69) is 5.32 Å². The lowest BCUT2D eigenvalue weighted by Crippen LogP contribution is -2.54. The molecule has 160 valence electrons. The minimum absolute atomic E-state index is 0.0136. The number of ether oxygens (including phenoxy) is 1. The molecular weight excluding hydrogens is 383 g/mol. The number of hydrogen-bond donors (Lipinski definition) is 1. The summed E-state index contributed by atoms with van der Waals surface area (Å²) in [6.07, 6.45) is 2.34. The lowest BCUT2D eigenvalue weighted by Gasteiger charge is -2.41. The molecule has 2 amide bonds. The number of amides is 2. The quantitative estimate of drug-likeness (QED) is 0.758. The van der Waals surface area contributed by atoms with Crippen molar-refractivity contribution in [1.29, 1.82) is 0 Å². The van der Waals surface area contributed by atoms with Gasteiger partial charge in [-0.1, -0.05) is 42.5 Å². The molecule has 0 unspecified atom stereocenters. The number of likely N-dealkylation sites (tertiary alicyclic amines) is 1. The second-order valence-corrected chi connectivity index (χ2v) is 7.87. The van der Waals surface area contributed by atoms with Gasteiger partial charge in [-0.05, 0) is 36.5 Å². The van der Waals surface area contributed by atoms with Gasteiger partial charge in [0.1, 0.15) is 5.82 Å². The van der Waals surface area contributed by atoms with Gasteiger partial charge in [-0.3, -0.25) is 9.59 Å². The standard InChI is InChI=1S/C24H29FN2O3/c1-26-23(29)24(13-5-14-27(17-24)22(28)12-15-30-2)16-18-8-10-19(11-9-18)20-6-3-4-7-21(20)25/h3-4,6-11H,5,12-17H2,1-2H3,(H,26,29)/t24-/m1/s1. The Morgan fingerprint density at radius 3 is 2.57 bits per heavy atom. The maximum Gasteiger partial charge on any atom is 0.228 e. The molecule has 0 spiro atoms. The fourth-order valence-electron chi connectivity index (χ4n) is 4.26. The topological polar surface area (TPSA) is 58.6 Å². The van der Waals surface area contributed by atoms with Crippen molar-refractivity contribution >= 4 is 11.8 Å². The minimum Gasteiger partial charge on any atom is -0.384 e. The number of piperidine rings is 1. The minimum atomic E-state index is -0.671. The fraction of sp³-hybridized carbons (Fsp3) is 0.417. The Balaban J connectivity index is 1.80. The summed E-state index contributed by atoms with van der Waals surface area (Å²) in [6.45, 7) is 1.43. The highest BCUT2D eigenvalue weighted by Gasteiger charge is 2.42. The van der Waals surface area contributed by atoms with Crippen molar-refractivity contribution in [3.63, 3.8) is 0 Å². The largest absolute Gasteiger partial charge is 0.384 e. The Morgan fingerprint density at radius 1 is 1.17 bits per heavy atom. The van der Waals surface area contributed by atoms with Crippen LogP contribution in [0.25, 0.3) is 11.1 Å². The Bertz CT molecular complexity index is 884. The number of methoxy groups -OCH3 is 1. The van der Waals surface area contributed by atoms with Gasteiger partial charge in [0.2, 0.25) is 11.8 Å². The molecule has 0 aromatic heterocycles. The van der Waals surface area contributed by atoms with Crippen molar-refractivity contribution in [3.05, 3.63) is 59.9 Å². The van der Waals surface area contributed by atoms with Gasteiger partial charge in [0.25, 0.3) is 0 Å². The third-order valence-electron chi connectivity index (χ3n) is 5.84. The first-order chi connectivity index (χ1) is 14.5. The van der Waals surface area contributed by atoms with Gasteiger partial charge in [0.15, 0.2) is 0 Å². The summed E-state index contributed by atoms with van der Waals surface area (Å²) in [4.78, 5) is 27.2. The van der Waals surface area contributed by atoms with E-state index >= 15 is 0 Å². The molecule has 3 rings (SSSR count). The van der Waals surface area contributed by atoms with E-state index in [-0.39, 0.29) is 17.6 Å². The Hall–Kier alpha value is -2.73. The van der Waals surface area contributed by atoms with Crippen molar-refractivity contribution in [2.75, 3.05) is 33.9 Å². The average Bonchev–Trinajstić information content (AvgIpc) is 2.78. The van der Waals surface area contributed by atoms with Crippen molar-refractivity contribution in [3.8, 4) is 11.1 Å². The summed E-state index contributed by atoms with van der Waals surface area (Å²) in [5, 5.41) is 2.79. The van der Waals surface area contributed by atoms with Crippen LogP contribution >= 0.6 is 0 Å². The van der Waals surface area contributed by atoms with Gasteiger partial charge >= 0.3 is 0 Å². The maximum absolute atomic E-state index is 14.1. The predicted octanol–water partition coefficient (Wildman–Crippen LogP) is 3.43. The van der Waals surface area contributed by atoms with Crippen molar-refractivity contribution in [1.82, 2.24) is 10.2 Å². The van der Waals surface area contributed by atoms with Crippen LogP contribution in [0.3, 0.4) is 0 Å². The predicted molar refractivity (Wildman–Crippen MR) is 114 cm³/mol. The smallest absolute Gasteiger partial charge is 0.228 e. The molecule has 5 nitrogen and oxygen atoms in total. The summed E-state index contributed by atoms with van der Waals surface area (Å²) in [7, 11) is 3.21. The third-order valence-corrected chi connectivity index (χ3v) is 5.84. The Kier molecular flexibility index (Phi) is 7.21. The highest BCUT2D eigenvalue weighted by molar-refractivity contribution is 5.85. The molecule has 2 aromatic rings. The lowest BCUT2D eigenvalue weighted by molar-refractivity contribution is -0.141. The number of carbonyl (C=O) groups is 2. The van der Waals surface area contributed by atoms with E-state index in [1.54, 1.807) is 31.2 Å². The molecule has 0 aliphatic carbocycles. The Morgan fingerprint density at radius 2 is 1.90 bits per heavy atom. The molecule has 0 radical (unpaired) electrons. The molecule has 1 fully saturated rings. The molecule has 30 heavy (non-hydrogen) atoms. The summed E-state index contributed by atoms with van der Waals surface area (Å²) >= 11 is 0. The first-order valence-electron chi connectivity index (χ1n) is 10.3. The molecule has 1 aliphatic rings. The summed E-state index contributed by atoms with van der Waals surface area (Å²) < 4.78 is 19.1. The van der Waals surface area contributed by atoms with Crippen molar-refractivity contribution < 1.29 is 18.7 Å². The van der Waals surface area contributed by atoms with Gasteiger partial charge in [0.05, 0.1) is 18.4 Å². The van der Waals surface area contributed by atoms with E-state index in [4.69, 9.17) is 4.74 Å². The number of nitrogens with one attached hydrogen (secondary N) is 1. The molecule has 0 bridgehead atoms. The number of hydrogen-bond acceptors (Lipinski definition) is 3.